The van der Waals surface area contributed by atoms with Crippen LogP contribution in [0.1, 0.15) is 17.3 Å². The van der Waals surface area contributed by atoms with Crippen molar-refractivity contribution in [2.24, 2.45) is 5.73 Å². The first-order chi connectivity index (χ1) is 7.13. The van der Waals surface area contributed by atoms with Crippen molar-refractivity contribution in [3.8, 4) is 0 Å². The van der Waals surface area contributed by atoms with Gasteiger partial charge in [-0.25, -0.2) is 4.79 Å². The lowest BCUT2D eigenvalue weighted by Gasteiger charge is -2.05. The molecule has 0 saturated heterocycles. The molecule has 0 spiro atoms. The van der Waals surface area contributed by atoms with Crippen LogP contribution in [0.25, 0.3) is 0 Å². The van der Waals surface area contributed by atoms with E-state index in [-0.39, 0.29) is 6.03 Å². The zero-order valence-corrected chi connectivity index (χ0v) is 8.41. The van der Waals surface area contributed by atoms with E-state index in [0.717, 1.165) is 0 Å². The van der Waals surface area contributed by atoms with Crippen molar-refractivity contribution in [2.75, 3.05) is 11.9 Å². The lowest BCUT2D eigenvalue weighted by Crippen LogP contribution is -2.28. The molecule has 4 N–H and O–H groups in total. The van der Waals surface area contributed by atoms with Crippen molar-refractivity contribution in [1.29, 1.82) is 0 Å². The Labute approximate surface area is 87.7 Å². The number of hydrogen-bond acceptors (Lipinski definition) is 2. The molecule has 1 aromatic carbocycles. The van der Waals surface area contributed by atoms with Crippen LogP contribution in [0.4, 0.5) is 10.5 Å². The molecule has 0 aliphatic carbocycles. The molecule has 1 rings (SSSR count). The second kappa shape index (κ2) is 4.99. The lowest BCUT2D eigenvalue weighted by atomic mass is 10.2. The van der Waals surface area contributed by atoms with Crippen molar-refractivity contribution in [3.05, 3.63) is 29.8 Å². The molecule has 3 amide bonds. The standard InChI is InChI=1S/C10H13N3O2/c1-2-12-10(15)13-8-5-3-7(4-6-8)9(11)14/h3-6H,2H2,1H3,(H2,11,14)(H2,12,13,15). The molecule has 1 aromatic rings. The predicted octanol–water partition coefficient (Wildman–Crippen LogP) is 0.927. The highest BCUT2D eigenvalue weighted by Crippen LogP contribution is 2.08. The lowest BCUT2D eigenvalue weighted by molar-refractivity contribution is 0.100. The number of amides is 3. The number of anilines is 1. The maximum atomic E-state index is 11.1. The Morgan fingerprint density at radius 3 is 2.33 bits per heavy atom. The Bertz CT molecular complexity index is 359. The first kappa shape index (κ1) is 11.0. The Morgan fingerprint density at radius 2 is 1.87 bits per heavy atom. The topological polar surface area (TPSA) is 84.2 Å². The second-order valence-electron chi connectivity index (χ2n) is 2.93. The van der Waals surface area contributed by atoms with Crippen LogP contribution in [-0.2, 0) is 0 Å². The van der Waals surface area contributed by atoms with Gasteiger partial charge in [-0.1, -0.05) is 0 Å². The fourth-order valence-corrected chi connectivity index (χ4v) is 1.05. The number of hydrogen-bond donors (Lipinski definition) is 3. The SMILES string of the molecule is CCNC(=O)Nc1ccc(C(N)=O)cc1. The molecule has 0 radical (unpaired) electrons. The zero-order valence-electron chi connectivity index (χ0n) is 8.41. The maximum absolute atomic E-state index is 11.1. The molecule has 0 saturated carbocycles. The van der Waals surface area contributed by atoms with Crippen LogP contribution < -0.4 is 16.4 Å². The molecule has 0 aromatic heterocycles. The van der Waals surface area contributed by atoms with Gasteiger partial charge in [0.25, 0.3) is 0 Å². The normalized spacial score (nSPS) is 9.40. The largest absolute Gasteiger partial charge is 0.366 e. The first-order valence-electron chi connectivity index (χ1n) is 4.58. The summed E-state index contributed by atoms with van der Waals surface area (Å²) in [4.78, 5) is 21.9. The smallest absolute Gasteiger partial charge is 0.319 e. The van der Waals surface area contributed by atoms with Crippen LogP contribution in [0.15, 0.2) is 24.3 Å². The molecule has 15 heavy (non-hydrogen) atoms. The third kappa shape index (κ3) is 3.30. The number of nitrogens with two attached hydrogens (primary N) is 1. The molecule has 0 unspecified atom stereocenters. The van der Waals surface area contributed by atoms with Crippen LogP contribution in [0.2, 0.25) is 0 Å². The van der Waals surface area contributed by atoms with Gasteiger partial charge in [0.1, 0.15) is 0 Å². The molecule has 5 heteroatoms. The maximum Gasteiger partial charge on any atom is 0.319 e. The summed E-state index contributed by atoms with van der Waals surface area (Å²) in [5.41, 5.74) is 6.10. The summed E-state index contributed by atoms with van der Waals surface area (Å²) in [5, 5.41) is 5.20. The van der Waals surface area contributed by atoms with Crippen molar-refractivity contribution in [2.45, 2.75) is 6.92 Å². The molecule has 0 atom stereocenters. The minimum Gasteiger partial charge on any atom is -0.366 e. The molecule has 0 aliphatic heterocycles. The van der Waals surface area contributed by atoms with Gasteiger partial charge >= 0.3 is 6.03 Å². The van der Waals surface area contributed by atoms with Crippen molar-refractivity contribution < 1.29 is 9.59 Å². The van der Waals surface area contributed by atoms with Gasteiger partial charge in [-0.2, -0.15) is 0 Å². The van der Waals surface area contributed by atoms with E-state index in [9.17, 15) is 9.59 Å². The van der Waals surface area contributed by atoms with Crippen molar-refractivity contribution in [3.63, 3.8) is 0 Å². The van der Waals surface area contributed by atoms with E-state index in [2.05, 4.69) is 10.6 Å². The summed E-state index contributed by atoms with van der Waals surface area (Å²) < 4.78 is 0. The molecule has 0 heterocycles. The Hall–Kier alpha value is -2.04. The summed E-state index contributed by atoms with van der Waals surface area (Å²) in [6.45, 7) is 2.39. The minimum atomic E-state index is -0.487. The molecule has 5 nitrogen and oxygen atoms in total. The second-order valence-corrected chi connectivity index (χ2v) is 2.93. The number of nitrogens with one attached hydrogen (secondary N) is 2. The number of primary amides is 1. The van der Waals surface area contributed by atoms with E-state index < -0.39 is 5.91 Å². The average Bonchev–Trinajstić information content (AvgIpc) is 2.18. The van der Waals surface area contributed by atoms with Crippen LogP contribution in [-0.4, -0.2) is 18.5 Å². The summed E-state index contributed by atoms with van der Waals surface area (Å²) in [7, 11) is 0. The van der Waals surface area contributed by atoms with Crippen LogP contribution in [0, 0.1) is 0 Å². The van der Waals surface area contributed by atoms with Gasteiger partial charge in [0.2, 0.25) is 5.91 Å². The average molecular weight is 207 g/mol. The van der Waals surface area contributed by atoms with Gasteiger partial charge in [0.15, 0.2) is 0 Å². The fraction of sp³-hybridized carbons (Fsp3) is 0.200. The quantitative estimate of drug-likeness (QED) is 0.688. The zero-order chi connectivity index (χ0) is 11.3. The van der Waals surface area contributed by atoms with Gasteiger partial charge in [-0.05, 0) is 31.2 Å². The highest BCUT2D eigenvalue weighted by Gasteiger charge is 2.01. The van der Waals surface area contributed by atoms with E-state index in [1.807, 2.05) is 6.92 Å². The monoisotopic (exact) mass is 207 g/mol. The van der Waals surface area contributed by atoms with Crippen LogP contribution in [0.3, 0.4) is 0 Å². The summed E-state index contributed by atoms with van der Waals surface area (Å²) in [6.07, 6.45) is 0. The van der Waals surface area contributed by atoms with Crippen molar-refractivity contribution in [1.82, 2.24) is 5.32 Å². The number of benzene rings is 1. The summed E-state index contributed by atoms with van der Waals surface area (Å²) in [6, 6.07) is 6.09. The highest BCUT2D eigenvalue weighted by molar-refractivity contribution is 5.94. The van der Waals surface area contributed by atoms with E-state index in [1.54, 1.807) is 24.3 Å². The Morgan fingerprint density at radius 1 is 1.27 bits per heavy atom. The third-order valence-corrected chi connectivity index (χ3v) is 1.76. The predicted molar refractivity (Wildman–Crippen MR) is 57.7 cm³/mol. The first-order valence-corrected chi connectivity index (χ1v) is 4.58. The molecule has 0 fully saturated rings. The van der Waals surface area contributed by atoms with Crippen molar-refractivity contribution >= 4 is 17.6 Å². The summed E-state index contributed by atoms with van der Waals surface area (Å²) >= 11 is 0. The van der Waals surface area contributed by atoms with Crippen LogP contribution >= 0.6 is 0 Å². The van der Waals surface area contributed by atoms with Gasteiger partial charge in [0.05, 0.1) is 0 Å². The minimum absolute atomic E-state index is 0.274. The molecule has 0 aliphatic rings. The highest BCUT2D eigenvalue weighted by atomic mass is 16.2. The number of carbonyl (C=O) groups is 2. The molecular formula is C10H13N3O2. The van der Waals surface area contributed by atoms with Gasteiger partial charge < -0.3 is 16.4 Å². The summed E-state index contributed by atoms with van der Waals surface area (Å²) in [5.74, 6) is -0.487. The van der Waals surface area contributed by atoms with E-state index >= 15 is 0 Å². The Kier molecular flexibility index (Phi) is 3.68. The van der Waals surface area contributed by atoms with E-state index in [0.29, 0.717) is 17.8 Å². The van der Waals surface area contributed by atoms with Gasteiger partial charge in [-0.15, -0.1) is 0 Å². The molecule has 80 valence electrons. The molecular weight excluding hydrogens is 194 g/mol. The third-order valence-electron chi connectivity index (χ3n) is 1.76. The Balaban J connectivity index is 2.64. The van der Waals surface area contributed by atoms with E-state index in [1.165, 1.54) is 0 Å². The van der Waals surface area contributed by atoms with Gasteiger partial charge in [0, 0.05) is 17.8 Å². The van der Waals surface area contributed by atoms with E-state index in [4.69, 9.17) is 5.73 Å². The van der Waals surface area contributed by atoms with Gasteiger partial charge in [-0.3, -0.25) is 4.79 Å². The number of urea groups is 1. The fourth-order valence-electron chi connectivity index (χ4n) is 1.05. The van der Waals surface area contributed by atoms with Crippen LogP contribution in [0.5, 0.6) is 0 Å². The number of carbonyl (C=O) groups excluding carboxylic acids is 2. The molecule has 0 bridgehead atoms. The number of rotatable bonds is 3.